The molecule has 0 spiro atoms. The average molecular weight is 309 g/mol. The number of fused-ring (bicyclic) bond motifs is 3. The topological polar surface area (TPSA) is 38.3 Å². The first-order valence-corrected chi connectivity index (χ1v) is 7.93. The number of rotatable bonds is 1. The molecule has 3 nitrogen and oxygen atoms in total. The third-order valence-corrected chi connectivity index (χ3v) is 4.24. The van der Waals surface area contributed by atoms with Crippen LogP contribution < -0.4 is 5.32 Å². The number of hydrogen-bond donors (Lipinski definition) is 1. The summed E-state index contributed by atoms with van der Waals surface area (Å²) in [7, 11) is 0. The van der Waals surface area contributed by atoms with Crippen LogP contribution in [0.5, 0.6) is 0 Å². The maximum absolute atomic E-state index is 12.2. The van der Waals surface area contributed by atoms with Gasteiger partial charge in [-0.3, -0.25) is 5.32 Å². The third kappa shape index (κ3) is 2.72. The zero-order chi connectivity index (χ0) is 16.8. The van der Waals surface area contributed by atoms with Gasteiger partial charge in [0.2, 0.25) is 0 Å². The van der Waals surface area contributed by atoms with E-state index in [9.17, 15) is 4.79 Å². The molecule has 0 fully saturated rings. The molecule has 1 aliphatic rings. The molecule has 0 saturated heterocycles. The van der Waals surface area contributed by atoms with Crippen molar-refractivity contribution in [2.45, 2.75) is 45.6 Å². The van der Waals surface area contributed by atoms with Crippen molar-refractivity contribution in [3.8, 4) is 11.1 Å². The van der Waals surface area contributed by atoms with E-state index in [1.165, 1.54) is 16.7 Å². The zero-order valence-electron chi connectivity index (χ0n) is 14.4. The van der Waals surface area contributed by atoms with Crippen molar-refractivity contribution in [3.05, 3.63) is 53.6 Å². The van der Waals surface area contributed by atoms with E-state index in [1.807, 2.05) is 39.0 Å². The molecule has 0 aromatic heterocycles. The highest BCUT2D eigenvalue weighted by atomic mass is 16.6. The maximum Gasteiger partial charge on any atom is 0.412 e. The lowest BCUT2D eigenvalue weighted by atomic mass is 9.82. The summed E-state index contributed by atoms with van der Waals surface area (Å²) in [4.78, 5) is 12.2. The van der Waals surface area contributed by atoms with Crippen LogP contribution in [0, 0.1) is 0 Å². The number of nitrogens with one attached hydrogen (secondary N) is 1. The molecular formula is C20H23NO2. The van der Waals surface area contributed by atoms with Crippen molar-refractivity contribution >= 4 is 11.8 Å². The minimum absolute atomic E-state index is 0.0719. The molecule has 0 heterocycles. The SMILES string of the molecule is CC(C)(C)OC(=O)Nc1cccc2c1-c1ccccc1C2(C)C. The first kappa shape index (κ1) is 15.6. The lowest BCUT2D eigenvalue weighted by molar-refractivity contribution is 0.0636. The van der Waals surface area contributed by atoms with E-state index in [0.717, 1.165) is 11.3 Å². The molecule has 0 atom stereocenters. The summed E-state index contributed by atoms with van der Waals surface area (Å²) in [6.07, 6.45) is -0.423. The number of carbonyl (C=O) groups is 1. The molecule has 1 amide bonds. The van der Waals surface area contributed by atoms with Crippen molar-refractivity contribution in [2.75, 3.05) is 5.32 Å². The Morgan fingerprint density at radius 2 is 1.65 bits per heavy atom. The molecule has 0 unspecified atom stereocenters. The molecule has 3 rings (SSSR count). The smallest absolute Gasteiger partial charge is 0.412 e. The highest BCUT2D eigenvalue weighted by Gasteiger charge is 2.36. The summed E-state index contributed by atoms with van der Waals surface area (Å²) < 4.78 is 5.39. The van der Waals surface area contributed by atoms with Crippen molar-refractivity contribution < 1.29 is 9.53 Å². The van der Waals surface area contributed by atoms with Crippen molar-refractivity contribution in [1.82, 2.24) is 0 Å². The third-order valence-electron chi connectivity index (χ3n) is 4.24. The van der Waals surface area contributed by atoms with Crippen molar-refractivity contribution in [2.24, 2.45) is 0 Å². The van der Waals surface area contributed by atoms with Gasteiger partial charge in [0, 0.05) is 11.0 Å². The Morgan fingerprint density at radius 1 is 1.00 bits per heavy atom. The number of anilines is 1. The number of carbonyl (C=O) groups excluding carboxylic acids is 1. The van der Waals surface area contributed by atoms with Crippen LogP contribution in [-0.2, 0) is 10.2 Å². The normalized spacial score (nSPS) is 14.8. The summed E-state index contributed by atoms with van der Waals surface area (Å²) >= 11 is 0. The van der Waals surface area contributed by atoms with E-state index in [0.29, 0.717) is 0 Å². The van der Waals surface area contributed by atoms with Crippen LogP contribution in [0.3, 0.4) is 0 Å². The van der Waals surface area contributed by atoms with Crippen LogP contribution >= 0.6 is 0 Å². The van der Waals surface area contributed by atoms with Crippen molar-refractivity contribution in [1.29, 1.82) is 0 Å². The van der Waals surface area contributed by atoms with Crippen LogP contribution in [0.15, 0.2) is 42.5 Å². The Morgan fingerprint density at radius 3 is 2.35 bits per heavy atom. The lowest BCUT2D eigenvalue weighted by Crippen LogP contribution is -2.27. The van der Waals surface area contributed by atoms with E-state index in [4.69, 9.17) is 4.74 Å². The molecule has 0 radical (unpaired) electrons. The second-order valence-electron chi connectivity index (χ2n) is 7.53. The van der Waals surface area contributed by atoms with Gasteiger partial charge >= 0.3 is 6.09 Å². The fourth-order valence-electron chi connectivity index (χ4n) is 3.27. The Balaban J connectivity index is 2.05. The predicted molar refractivity (Wildman–Crippen MR) is 93.9 cm³/mol. The zero-order valence-corrected chi connectivity index (χ0v) is 14.4. The molecule has 3 heteroatoms. The van der Waals surface area contributed by atoms with Crippen LogP contribution in [0.25, 0.3) is 11.1 Å². The van der Waals surface area contributed by atoms with Crippen LogP contribution in [0.1, 0.15) is 45.7 Å². The van der Waals surface area contributed by atoms with Crippen molar-refractivity contribution in [3.63, 3.8) is 0 Å². The van der Waals surface area contributed by atoms with Gasteiger partial charge in [-0.25, -0.2) is 4.79 Å². The average Bonchev–Trinajstić information content (AvgIpc) is 2.67. The van der Waals surface area contributed by atoms with Crippen LogP contribution in [0.2, 0.25) is 0 Å². The second kappa shape index (κ2) is 5.12. The largest absolute Gasteiger partial charge is 0.444 e. The van der Waals surface area contributed by atoms with Gasteiger partial charge < -0.3 is 4.74 Å². The first-order chi connectivity index (χ1) is 10.7. The van der Waals surface area contributed by atoms with E-state index >= 15 is 0 Å². The number of hydrogen-bond acceptors (Lipinski definition) is 2. The standard InChI is InChI=1S/C20H23NO2/c1-19(2,3)23-18(22)21-16-12-8-11-15-17(16)13-9-6-7-10-14(13)20(15,4)5/h6-12H,1-5H3,(H,21,22). The molecule has 0 bridgehead atoms. The van der Waals surface area contributed by atoms with Gasteiger partial charge in [-0.2, -0.15) is 0 Å². The number of amides is 1. The Kier molecular flexibility index (Phi) is 3.47. The summed E-state index contributed by atoms with van der Waals surface area (Å²) in [5.41, 5.74) is 5.00. The molecule has 0 saturated carbocycles. The molecule has 2 aromatic carbocycles. The molecule has 120 valence electrons. The highest BCUT2D eigenvalue weighted by Crippen LogP contribution is 2.51. The monoisotopic (exact) mass is 309 g/mol. The van der Waals surface area contributed by atoms with E-state index < -0.39 is 11.7 Å². The fraction of sp³-hybridized carbons (Fsp3) is 0.350. The van der Waals surface area contributed by atoms with Crippen LogP contribution in [0.4, 0.5) is 10.5 Å². The Bertz CT molecular complexity index is 769. The summed E-state index contributed by atoms with van der Waals surface area (Å²) in [6.45, 7) is 10.0. The second-order valence-corrected chi connectivity index (χ2v) is 7.53. The highest BCUT2D eigenvalue weighted by molar-refractivity contribution is 5.96. The molecule has 1 aliphatic carbocycles. The van der Waals surface area contributed by atoms with E-state index in [-0.39, 0.29) is 5.41 Å². The molecule has 1 N–H and O–H groups in total. The van der Waals surface area contributed by atoms with Gasteiger partial charge in [0.05, 0.1) is 5.69 Å². The van der Waals surface area contributed by atoms with E-state index in [2.05, 4.69) is 43.4 Å². The minimum atomic E-state index is -0.515. The molecule has 2 aromatic rings. The quantitative estimate of drug-likeness (QED) is 0.772. The van der Waals surface area contributed by atoms with Gasteiger partial charge in [0.25, 0.3) is 0 Å². The maximum atomic E-state index is 12.2. The van der Waals surface area contributed by atoms with Gasteiger partial charge in [0.1, 0.15) is 5.60 Å². The van der Waals surface area contributed by atoms with Gasteiger partial charge in [-0.15, -0.1) is 0 Å². The Labute approximate surface area is 137 Å². The van der Waals surface area contributed by atoms with E-state index in [1.54, 1.807) is 0 Å². The molecule has 23 heavy (non-hydrogen) atoms. The van der Waals surface area contributed by atoms with Gasteiger partial charge in [-0.05, 0) is 43.5 Å². The number of benzene rings is 2. The summed E-state index contributed by atoms with van der Waals surface area (Å²) in [5, 5.41) is 2.92. The minimum Gasteiger partial charge on any atom is -0.444 e. The van der Waals surface area contributed by atoms with Gasteiger partial charge in [-0.1, -0.05) is 50.2 Å². The molecule has 0 aliphatic heterocycles. The number of ether oxygens (including phenoxy) is 1. The van der Waals surface area contributed by atoms with Gasteiger partial charge in [0.15, 0.2) is 0 Å². The summed E-state index contributed by atoms with van der Waals surface area (Å²) in [6, 6.07) is 14.4. The first-order valence-electron chi connectivity index (χ1n) is 7.93. The fourth-order valence-corrected chi connectivity index (χ4v) is 3.27. The predicted octanol–water partition coefficient (Wildman–Crippen LogP) is 5.34. The Hall–Kier alpha value is -2.29. The van der Waals surface area contributed by atoms with Crippen LogP contribution in [-0.4, -0.2) is 11.7 Å². The lowest BCUT2D eigenvalue weighted by Gasteiger charge is -2.22. The molecular weight excluding hydrogens is 286 g/mol. The summed E-state index contributed by atoms with van der Waals surface area (Å²) in [5.74, 6) is 0.